The number of hydrogen-bond acceptors (Lipinski definition) is 3. The Kier molecular flexibility index (Phi) is 6.20. The summed E-state index contributed by atoms with van der Waals surface area (Å²) in [6, 6.07) is 4.64. The van der Waals surface area contributed by atoms with Gasteiger partial charge in [0.2, 0.25) is 0 Å². The lowest BCUT2D eigenvalue weighted by molar-refractivity contribution is -0.0550. The maximum absolute atomic E-state index is 13.1. The molecule has 3 N–H and O–H groups in total. The second-order valence-corrected chi connectivity index (χ2v) is 5.18. The number of ether oxygens (including phenoxy) is 1. The van der Waals surface area contributed by atoms with Crippen LogP contribution in [0.15, 0.2) is 18.2 Å². The lowest BCUT2D eigenvalue weighted by Crippen LogP contribution is -2.54. The molecule has 0 aliphatic rings. The van der Waals surface area contributed by atoms with Crippen LogP contribution in [0.2, 0.25) is 5.02 Å². The lowest BCUT2D eigenvalue weighted by Gasteiger charge is -2.36. The van der Waals surface area contributed by atoms with Crippen molar-refractivity contribution in [2.24, 2.45) is 5.84 Å². The maximum atomic E-state index is 13.1. The van der Waals surface area contributed by atoms with E-state index in [0.29, 0.717) is 13.0 Å². The van der Waals surface area contributed by atoms with Crippen molar-refractivity contribution in [1.82, 2.24) is 5.43 Å². The molecule has 0 amide bonds. The molecule has 0 aliphatic heterocycles. The van der Waals surface area contributed by atoms with Crippen molar-refractivity contribution in [2.45, 2.75) is 45.3 Å². The summed E-state index contributed by atoms with van der Waals surface area (Å²) in [4.78, 5) is 0. The summed E-state index contributed by atoms with van der Waals surface area (Å²) in [6.45, 7) is 6.65. The number of benzene rings is 1. The van der Waals surface area contributed by atoms with Crippen molar-refractivity contribution in [3.05, 3.63) is 34.6 Å². The number of hydrogen-bond donors (Lipinski definition) is 2. The second-order valence-electron chi connectivity index (χ2n) is 4.77. The van der Waals surface area contributed by atoms with E-state index in [-0.39, 0.29) is 16.7 Å². The molecule has 1 aromatic carbocycles. The van der Waals surface area contributed by atoms with Crippen LogP contribution in [0.3, 0.4) is 0 Å². The van der Waals surface area contributed by atoms with Gasteiger partial charge in [-0.05, 0) is 44.4 Å². The molecule has 108 valence electrons. The molecule has 1 aromatic rings. The molecule has 19 heavy (non-hydrogen) atoms. The van der Waals surface area contributed by atoms with Gasteiger partial charge in [-0.3, -0.25) is 11.3 Å². The van der Waals surface area contributed by atoms with Gasteiger partial charge in [0.1, 0.15) is 5.82 Å². The Morgan fingerprint density at radius 3 is 2.63 bits per heavy atom. The summed E-state index contributed by atoms with van der Waals surface area (Å²) in [5, 5.41) is 0.128. The first-order valence-corrected chi connectivity index (χ1v) is 6.88. The zero-order valence-corrected chi connectivity index (χ0v) is 12.4. The van der Waals surface area contributed by atoms with Gasteiger partial charge in [0.05, 0.1) is 16.7 Å². The molecular formula is C14H22ClFN2O. The molecule has 0 aliphatic carbocycles. The molecule has 2 atom stereocenters. The summed E-state index contributed by atoms with van der Waals surface area (Å²) in [5.41, 5.74) is 3.35. The molecule has 0 saturated carbocycles. The minimum Gasteiger partial charge on any atom is -0.374 e. The van der Waals surface area contributed by atoms with Crippen LogP contribution < -0.4 is 11.3 Å². The van der Waals surface area contributed by atoms with Crippen molar-refractivity contribution in [2.75, 3.05) is 6.61 Å². The summed E-state index contributed by atoms with van der Waals surface area (Å²) in [6.07, 6.45) is 1.45. The molecule has 0 aromatic heterocycles. The van der Waals surface area contributed by atoms with Gasteiger partial charge < -0.3 is 4.74 Å². The topological polar surface area (TPSA) is 47.3 Å². The Morgan fingerprint density at radius 1 is 1.47 bits per heavy atom. The summed E-state index contributed by atoms with van der Waals surface area (Å²) in [7, 11) is 0. The Labute approximate surface area is 119 Å². The number of halogens is 2. The molecule has 0 fully saturated rings. The Hall–Kier alpha value is -0.680. The van der Waals surface area contributed by atoms with E-state index < -0.39 is 5.82 Å². The number of nitrogens with two attached hydrogens (primary N) is 1. The number of hydrazine groups is 1. The predicted molar refractivity (Wildman–Crippen MR) is 76.5 cm³/mol. The van der Waals surface area contributed by atoms with Gasteiger partial charge in [-0.2, -0.15) is 0 Å². The Morgan fingerprint density at radius 2 is 2.16 bits per heavy atom. The van der Waals surface area contributed by atoms with E-state index in [0.717, 1.165) is 12.0 Å². The van der Waals surface area contributed by atoms with E-state index in [1.807, 2.05) is 13.8 Å². The summed E-state index contributed by atoms with van der Waals surface area (Å²) >= 11 is 5.79. The fraction of sp³-hybridized carbons (Fsp3) is 0.571. The third-order valence-corrected chi connectivity index (χ3v) is 3.83. The first kappa shape index (κ1) is 16.4. The average molecular weight is 289 g/mol. The highest BCUT2D eigenvalue weighted by Crippen LogP contribution is 2.24. The number of nitrogens with one attached hydrogen (secondary N) is 1. The van der Waals surface area contributed by atoms with Gasteiger partial charge in [0.15, 0.2) is 0 Å². The quantitative estimate of drug-likeness (QED) is 0.599. The van der Waals surface area contributed by atoms with E-state index >= 15 is 0 Å². The van der Waals surface area contributed by atoms with Crippen molar-refractivity contribution in [1.29, 1.82) is 0 Å². The minimum absolute atomic E-state index is 0.0704. The highest BCUT2D eigenvalue weighted by atomic mass is 35.5. The highest BCUT2D eigenvalue weighted by Gasteiger charge is 2.32. The largest absolute Gasteiger partial charge is 0.374 e. The van der Waals surface area contributed by atoms with Crippen molar-refractivity contribution >= 4 is 11.6 Å². The van der Waals surface area contributed by atoms with Crippen LogP contribution in [-0.2, 0) is 11.2 Å². The highest BCUT2D eigenvalue weighted by molar-refractivity contribution is 6.30. The average Bonchev–Trinajstić information content (AvgIpc) is 2.40. The summed E-state index contributed by atoms with van der Waals surface area (Å²) < 4.78 is 19.0. The minimum atomic E-state index is -0.411. The van der Waals surface area contributed by atoms with Gasteiger partial charge in [0, 0.05) is 6.61 Å². The lowest BCUT2D eigenvalue weighted by atomic mass is 9.88. The van der Waals surface area contributed by atoms with Gasteiger partial charge in [0.25, 0.3) is 0 Å². The third kappa shape index (κ3) is 4.14. The Balaban J connectivity index is 2.88. The van der Waals surface area contributed by atoms with E-state index in [1.54, 1.807) is 12.1 Å². The van der Waals surface area contributed by atoms with E-state index in [1.165, 1.54) is 6.07 Å². The van der Waals surface area contributed by atoms with Crippen LogP contribution in [0.25, 0.3) is 0 Å². The van der Waals surface area contributed by atoms with Gasteiger partial charge in [-0.1, -0.05) is 24.6 Å². The molecule has 1 rings (SSSR count). The van der Waals surface area contributed by atoms with Crippen LogP contribution in [0.5, 0.6) is 0 Å². The second kappa shape index (κ2) is 7.20. The van der Waals surface area contributed by atoms with Crippen molar-refractivity contribution in [3.63, 3.8) is 0 Å². The third-order valence-electron chi connectivity index (χ3n) is 3.54. The van der Waals surface area contributed by atoms with Crippen LogP contribution in [0.1, 0.15) is 32.8 Å². The Bertz CT molecular complexity index is 416. The van der Waals surface area contributed by atoms with Gasteiger partial charge in [-0.25, -0.2) is 4.39 Å². The zero-order chi connectivity index (χ0) is 14.5. The van der Waals surface area contributed by atoms with E-state index in [4.69, 9.17) is 22.2 Å². The smallest absolute Gasteiger partial charge is 0.141 e. The molecule has 2 unspecified atom stereocenters. The zero-order valence-electron chi connectivity index (χ0n) is 11.7. The van der Waals surface area contributed by atoms with E-state index in [9.17, 15) is 4.39 Å². The molecule has 3 nitrogen and oxygen atoms in total. The standard InChI is InChI=1S/C14H22ClFN2O/c1-4-14(3,19-5-2)13(18-17)9-10-6-7-12(16)11(15)8-10/h6-8,13,18H,4-5,9,17H2,1-3H3. The maximum Gasteiger partial charge on any atom is 0.141 e. The number of rotatable bonds is 7. The van der Waals surface area contributed by atoms with Gasteiger partial charge in [-0.15, -0.1) is 0 Å². The van der Waals surface area contributed by atoms with Crippen LogP contribution >= 0.6 is 11.6 Å². The van der Waals surface area contributed by atoms with Crippen LogP contribution in [0.4, 0.5) is 4.39 Å². The van der Waals surface area contributed by atoms with Crippen molar-refractivity contribution < 1.29 is 9.13 Å². The first-order chi connectivity index (χ1) is 8.96. The SMILES string of the molecule is CCOC(C)(CC)C(Cc1ccc(F)c(Cl)c1)NN. The fourth-order valence-electron chi connectivity index (χ4n) is 2.13. The molecule has 0 heterocycles. The monoisotopic (exact) mass is 288 g/mol. The summed E-state index contributed by atoms with van der Waals surface area (Å²) in [5.74, 6) is 5.23. The van der Waals surface area contributed by atoms with Gasteiger partial charge >= 0.3 is 0 Å². The molecule has 0 spiro atoms. The van der Waals surface area contributed by atoms with E-state index in [2.05, 4.69) is 12.3 Å². The normalized spacial score (nSPS) is 16.1. The molecule has 0 bridgehead atoms. The predicted octanol–water partition coefficient (Wildman–Crippen LogP) is 3.06. The fourth-order valence-corrected chi connectivity index (χ4v) is 2.34. The van der Waals surface area contributed by atoms with Crippen LogP contribution in [0, 0.1) is 5.82 Å². The first-order valence-electron chi connectivity index (χ1n) is 6.50. The molecular weight excluding hydrogens is 267 g/mol. The van der Waals surface area contributed by atoms with Crippen LogP contribution in [-0.4, -0.2) is 18.2 Å². The molecule has 0 saturated heterocycles. The van der Waals surface area contributed by atoms with Crippen molar-refractivity contribution in [3.8, 4) is 0 Å². The molecule has 0 radical (unpaired) electrons. The molecule has 5 heteroatoms.